The molecule has 102 valence electrons. The second-order valence-electron chi connectivity index (χ2n) is 4.56. The van der Waals surface area contributed by atoms with E-state index in [1.54, 1.807) is 13.2 Å². The highest BCUT2D eigenvalue weighted by Gasteiger charge is 2.25. The van der Waals surface area contributed by atoms with E-state index in [9.17, 15) is 5.11 Å². The maximum Gasteiger partial charge on any atom is 0.218 e. The first-order valence-electron chi connectivity index (χ1n) is 6.33. The molecule has 0 aliphatic carbocycles. The maximum absolute atomic E-state index is 9.51. The molecule has 5 heteroatoms. The first kappa shape index (κ1) is 14.7. The highest BCUT2D eigenvalue weighted by atomic mass is 16.5. The molecule has 0 aliphatic heterocycles. The summed E-state index contributed by atoms with van der Waals surface area (Å²) >= 11 is 0. The lowest BCUT2D eigenvalue weighted by atomic mass is 9.83. The largest absolute Gasteiger partial charge is 0.481 e. The number of aryl methyl sites for hydroxylation is 1. The molecular formula is C13H23N3O2. The molecule has 0 radical (unpaired) electrons. The topological polar surface area (TPSA) is 67.3 Å². The fraction of sp³-hybridized carbons (Fsp3) is 0.692. The molecule has 0 saturated carbocycles. The van der Waals surface area contributed by atoms with E-state index in [1.165, 1.54) is 0 Å². The van der Waals surface area contributed by atoms with Crippen molar-refractivity contribution in [3.8, 4) is 5.88 Å². The van der Waals surface area contributed by atoms with E-state index in [0.29, 0.717) is 18.2 Å². The molecular weight excluding hydrogens is 230 g/mol. The summed E-state index contributed by atoms with van der Waals surface area (Å²) in [6.45, 7) is 6.87. The van der Waals surface area contributed by atoms with Crippen LogP contribution in [0.1, 0.15) is 32.5 Å². The van der Waals surface area contributed by atoms with E-state index in [4.69, 9.17) is 4.74 Å². The molecule has 0 aromatic carbocycles. The van der Waals surface area contributed by atoms with E-state index < -0.39 is 0 Å². The number of nitrogens with one attached hydrogen (secondary N) is 1. The van der Waals surface area contributed by atoms with Crippen molar-refractivity contribution in [3.63, 3.8) is 0 Å². The Bertz CT molecular complexity index is 370. The molecule has 2 N–H and O–H groups in total. The Morgan fingerprint density at radius 1 is 1.33 bits per heavy atom. The van der Waals surface area contributed by atoms with Crippen molar-refractivity contribution in [1.29, 1.82) is 0 Å². The number of nitrogens with zero attached hydrogens (tertiary/aromatic N) is 2. The standard InChI is InChI=1S/C13H23N3O2/c1-5-13(6-2,9-17)8-14-11-7-12(18-4)16-10(3)15-11/h7,17H,5-6,8-9H2,1-4H3,(H,14,15,16). The first-order valence-corrected chi connectivity index (χ1v) is 6.33. The molecule has 0 bridgehead atoms. The van der Waals surface area contributed by atoms with Gasteiger partial charge >= 0.3 is 0 Å². The molecule has 1 aromatic heterocycles. The number of aliphatic hydroxyl groups excluding tert-OH is 1. The van der Waals surface area contributed by atoms with Gasteiger partial charge in [0.1, 0.15) is 11.6 Å². The summed E-state index contributed by atoms with van der Waals surface area (Å²) in [5, 5.41) is 12.8. The van der Waals surface area contributed by atoms with Crippen LogP contribution in [0.2, 0.25) is 0 Å². The van der Waals surface area contributed by atoms with Crippen molar-refractivity contribution < 1.29 is 9.84 Å². The van der Waals surface area contributed by atoms with Gasteiger partial charge in [-0.15, -0.1) is 0 Å². The van der Waals surface area contributed by atoms with Crippen molar-refractivity contribution >= 4 is 5.82 Å². The highest BCUT2D eigenvalue weighted by Crippen LogP contribution is 2.26. The molecule has 1 aromatic rings. The molecule has 0 amide bonds. The van der Waals surface area contributed by atoms with Crippen LogP contribution < -0.4 is 10.1 Å². The highest BCUT2D eigenvalue weighted by molar-refractivity contribution is 5.38. The second-order valence-corrected chi connectivity index (χ2v) is 4.56. The van der Waals surface area contributed by atoms with Crippen LogP contribution in [0.4, 0.5) is 5.82 Å². The Labute approximate surface area is 109 Å². The van der Waals surface area contributed by atoms with E-state index in [0.717, 1.165) is 18.7 Å². The molecule has 0 atom stereocenters. The van der Waals surface area contributed by atoms with Gasteiger partial charge in [0.05, 0.1) is 13.7 Å². The number of aromatic nitrogens is 2. The smallest absolute Gasteiger partial charge is 0.218 e. The minimum atomic E-state index is -0.0912. The Kier molecular flexibility index (Phi) is 5.34. The molecule has 1 heterocycles. The zero-order valence-electron chi connectivity index (χ0n) is 11.7. The van der Waals surface area contributed by atoms with Gasteiger partial charge in [0.15, 0.2) is 0 Å². The van der Waals surface area contributed by atoms with E-state index in [-0.39, 0.29) is 12.0 Å². The maximum atomic E-state index is 9.51. The summed E-state index contributed by atoms with van der Waals surface area (Å²) in [5.41, 5.74) is -0.0912. The van der Waals surface area contributed by atoms with E-state index >= 15 is 0 Å². The Morgan fingerprint density at radius 2 is 2.00 bits per heavy atom. The zero-order chi connectivity index (χ0) is 13.6. The zero-order valence-corrected chi connectivity index (χ0v) is 11.7. The first-order chi connectivity index (χ1) is 8.59. The van der Waals surface area contributed by atoms with Gasteiger partial charge in [-0.05, 0) is 19.8 Å². The molecule has 0 saturated heterocycles. The number of hydrogen-bond acceptors (Lipinski definition) is 5. The van der Waals surface area contributed by atoms with Gasteiger partial charge in [0.2, 0.25) is 5.88 Å². The molecule has 0 unspecified atom stereocenters. The number of rotatable bonds is 7. The van der Waals surface area contributed by atoms with Gasteiger partial charge in [-0.3, -0.25) is 0 Å². The third-order valence-electron chi connectivity index (χ3n) is 3.50. The average molecular weight is 253 g/mol. The van der Waals surface area contributed by atoms with Crippen molar-refractivity contribution in [1.82, 2.24) is 9.97 Å². The molecule has 18 heavy (non-hydrogen) atoms. The lowest BCUT2D eigenvalue weighted by molar-refractivity contribution is 0.127. The van der Waals surface area contributed by atoms with Crippen LogP contribution >= 0.6 is 0 Å². The van der Waals surface area contributed by atoms with Crippen LogP contribution in [0.5, 0.6) is 5.88 Å². The predicted octanol–water partition coefficient (Wildman–Crippen LogP) is 2.00. The predicted molar refractivity (Wildman–Crippen MR) is 71.9 cm³/mol. The number of aliphatic hydroxyl groups is 1. The van der Waals surface area contributed by atoms with Crippen LogP contribution in [-0.2, 0) is 0 Å². The van der Waals surface area contributed by atoms with Crippen LogP contribution in [-0.4, -0.2) is 35.3 Å². The summed E-state index contributed by atoms with van der Waals surface area (Å²) in [6, 6.07) is 1.76. The minimum Gasteiger partial charge on any atom is -0.481 e. The summed E-state index contributed by atoms with van der Waals surface area (Å²) in [7, 11) is 1.58. The van der Waals surface area contributed by atoms with E-state index in [1.807, 2.05) is 6.92 Å². The lowest BCUT2D eigenvalue weighted by Gasteiger charge is -2.29. The Morgan fingerprint density at radius 3 is 2.50 bits per heavy atom. The SMILES string of the molecule is CCC(CC)(CO)CNc1cc(OC)nc(C)n1. The molecule has 1 rings (SSSR count). The van der Waals surface area contributed by atoms with E-state index in [2.05, 4.69) is 29.1 Å². The number of hydrogen-bond donors (Lipinski definition) is 2. The third kappa shape index (κ3) is 3.57. The fourth-order valence-electron chi connectivity index (χ4n) is 1.79. The summed E-state index contributed by atoms with van der Waals surface area (Å²) in [4.78, 5) is 8.44. The summed E-state index contributed by atoms with van der Waals surface area (Å²) in [5.74, 6) is 1.95. The Hall–Kier alpha value is -1.36. The number of ether oxygens (including phenoxy) is 1. The van der Waals surface area contributed by atoms with Crippen molar-refractivity contribution in [2.24, 2.45) is 5.41 Å². The van der Waals surface area contributed by atoms with Gasteiger partial charge in [0, 0.05) is 18.0 Å². The molecule has 0 aliphatic rings. The summed E-state index contributed by atoms with van der Waals surface area (Å²) in [6.07, 6.45) is 1.85. The van der Waals surface area contributed by atoms with Gasteiger partial charge in [-0.25, -0.2) is 4.98 Å². The van der Waals surface area contributed by atoms with Gasteiger partial charge in [-0.1, -0.05) is 13.8 Å². The van der Waals surface area contributed by atoms with Crippen LogP contribution in [0, 0.1) is 12.3 Å². The van der Waals surface area contributed by atoms with Crippen molar-refractivity contribution in [2.75, 3.05) is 25.6 Å². The number of anilines is 1. The Balaban J connectivity index is 2.76. The second kappa shape index (κ2) is 6.54. The minimum absolute atomic E-state index is 0.0912. The van der Waals surface area contributed by atoms with Crippen LogP contribution in [0.15, 0.2) is 6.07 Å². The van der Waals surface area contributed by atoms with Crippen LogP contribution in [0.3, 0.4) is 0 Å². The van der Waals surface area contributed by atoms with Crippen molar-refractivity contribution in [3.05, 3.63) is 11.9 Å². The number of methoxy groups -OCH3 is 1. The van der Waals surface area contributed by atoms with Crippen molar-refractivity contribution in [2.45, 2.75) is 33.6 Å². The normalized spacial score (nSPS) is 11.4. The quantitative estimate of drug-likeness (QED) is 0.778. The third-order valence-corrected chi connectivity index (χ3v) is 3.50. The van der Waals surface area contributed by atoms with Gasteiger partial charge in [0.25, 0.3) is 0 Å². The monoisotopic (exact) mass is 253 g/mol. The van der Waals surface area contributed by atoms with Crippen LogP contribution in [0.25, 0.3) is 0 Å². The molecule has 0 fully saturated rings. The van der Waals surface area contributed by atoms with Gasteiger partial charge in [-0.2, -0.15) is 4.98 Å². The summed E-state index contributed by atoms with van der Waals surface area (Å²) < 4.78 is 5.11. The molecule has 0 spiro atoms. The average Bonchev–Trinajstić information content (AvgIpc) is 2.40. The lowest BCUT2D eigenvalue weighted by Crippen LogP contribution is -2.32. The fourth-order valence-corrected chi connectivity index (χ4v) is 1.79. The molecule has 5 nitrogen and oxygen atoms in total. The van der Waals surface area contributed by atoms with Gasteiger partial charge < -0.3 is 15.2 Å².